The first kappa shape index (κ1) is 20.5. The quantitative estimate of drug-likeness (QED) is 0.734. The first-order valence-corrected chi connectivity index (χ1v) is 8.28. The van der Waals surface area contributed by atoms with Gasteiger partial charge in [0.25, 0.3) is 5.91 Å². The Kier molecular flexibility index (Phi) is 7.91. The van der Waals surface area contributed by atoms with Crippen molar-refractivity contribution in [1.82, 2.24) is 15.5 Å². The number of ether oxygens (including phenoxy) is 1. The van der Waals surface area contributed by atoms with Gasteiger partial charge >= 0.3 is 0 Å². The Labute approximate surface area is 148 Å². The van der Waals surface area contributed by atoms with Gasteiger partial charge in [0.2, 0.25) is 11.8 Å². The molecule has 0 unspecified atom stereocenters. The number of rotatable bonds is 8. The van der Waals surface area contributed by atoms with Gasteiger partial charge in [-0.2, -0.15) is 0 Å². The van der Waals surface area contributed by atoms with Gasteiger partial charge in [-0.05, 0) is 25.0 Å². The maximum absolute atomic E-state index is 12.6. The average molecular weight is 349 g/mol. The smallest absolute Gasteiger partial charge is 0.255 e. The summed E-state index contributed by atoms with van der Waals surface area (Å²) in [6, 6.07) is 6.11. The summed E-state index contributed by atoms with van der Waals surface area (Å²) in [5.41, 5.74) is 0.368. The second-order valence-corrected chi connectivity index (χ2v) is 6.13. The van der Waals surface area contributed by atoms with Crippen LogP contribution in [0.15, 0.2) is 24.3 Å². The van der Waals surface area contributed by atoms with E-state index in [1.165, 1.54) is 4.90 Å². The number of nitrogens with one attached hydrogen (secondary N) is 2. The van der Waals surface area contributed by atoms with Crippen LogP contribution in [0, 0.1) is 5.92 Å². The Bertz CT molecular complexity index is 614. The maximum atomic E-state index is 12.6. The molecule has 0 spiro atoms. The zero-order valence-electron chi connectivity index (χ0n) is 15.5. The Morgan fingerprint density at radius 1 is 1.16 bits per heavy atom. The van der Waals surface area contributed by atoms with Crippen LogP contribution in [-0.2, 0) is 9.59 Å². The van der Waals surface area contributed by atoms with E-state index in [0.717, 1.165) is 0 Å². The molecular formula is C18H27N3O4. The molecule has 0 saturated carbocycles. The summed E-state index contributed by atoms with van der Waals surface area (Å²) in [5.74, 6) is -0.681. The molecule has 1 aromatic carbocycles. The molecular weight excluding hydrogens is 322 g/mol. The van der Waals surface area contributed by atoms with Crippen LogP contribution in [0.1, 0.15) is 31.1 Å². The Morgan fingerprint density at radius 2 is 1.80 bits per heavy atom. The molecule has 0 aliphatic heterocycles. The molecule has 1 atom stereocenters. The third-order valence-corrected chi connectivity index (χ3v) is 3.58. The van der Waals surface area contributed by atoms with Gasteiger partial charge < -0.3 is 20.3 Å². The lowest BCUT2D eigenvalue weighted by Gasteiger charge is -2.22. The molecule has 0 aromatic heterocycles. The Balaban J connectivity index is 2.82. The van der Waals surface area contributed by atoms with Crippen LogP contribution in [0.25, 0.3) is 0 Å². The van der Waals surface area contributed by atoms with Gasteiger partial charge in [-0.15, -0.1) is 0 Å². The zero-order chi connectivity index (χ0) is 19.0. The predicted octanol–water partition coefficient (Wildman–Crippen LogP) is 1.04. The molecule has 0 radical (unpaired) electrons. The second kappa shape index (κ2) is 9.66. The largest absolute Gasteiger partial charge is 0.493 e. The van der Waals surface area contributed by atoms with Crippen LogP contribution in [0.5, 0.6) is 5.75 Å². The summed E-state index contributed by atoms with van der Waals surface area (Å²) < 4.78 is 5.45. The molecule has 2 N–H and O–H groups in total. The molecule has 0 saturated heterocycles. The summed E-state index contributed by atoms with van der Waals surface area (Å²) in [6.45, 7) is 5.81. The topological polar surface area (TPSA) is 87.7 Å². The minimum Gasteiger partial charge on any atom is -0.493 e. The Morgan fingerprint density at radius 3 is 2.36 bits per heavy atom. The number of hydrogen-bond acceptors (Lipinski definition) is 4. The molecule has 25 heavy (non-hydrogen) atoms. The number of carbonyl (C=O) groups is 3. The van der Waals surface area contributed by atoms with Crippen molar-refractivity contribution in [3.8, 4) is 5.75 Å². The van der Waals surface area contributed by atoms with E-state index in [1.54, 1.807) is 38.4 Å². The first-order chi connectivity index (χ1) is 11.8. The van der Waals surface area contributed by atoms with Crippen molar-refractivity contribution in [1.29, 1.82) is 0 Å². The monoisotopic (exact) mass is 349 g/mol. The molecule has 0 bridgehead atoms. The molecule has 1 rings (SSSR count). The van der Waals surface area contributed by atoms with Gasteiger partial charge in [-0.25, -0.2) is 0 Å². The highest BCUT2D eigenvalue weighted by Crippen LogP contribution is 2.18. The van der Waals surface area contributed by atoms with Crippen LogP contribution >= 0.6 is 0 Å². The molecule has 0 aliphatic rings. The maximum Gasteiger partial charge on any atom is 0.255 e. The van der Waals surface area contributed by atoms with Crippen molar-refractivity contribution in [3.63, 3.8) is 0 Å². The van der Waals surface area contributed by atoms with Crippen molar-refractivity contribution in [2.24, 2.45) is 5.92 Å². The van der Waals surface area contributed by atoms with E-state index in [-0.39, 0.29) is 18.4 Å². The fourth-order valence-electron chi connectivity index (χ4n) is 2.12. The number of likely N-dealkylation sites (N-methyl/N-ethyl adjacent to an activating group) is 1. The lowest BCUT2D eigenvalue weighted by molar-refractivity contribution is -0.131. The van der Waals surface area contributed by atoms with E-state index in [1.807, 2.05) is 20.8 Å². The number of carbonyl (C=O) groups excluding carboxylic acids is 3. The predicted molar refractivity (Wildman–Crippen MR) is 95.4 cm³/mol. The van der Waals surface area contributed by atoms with Crippen molar-refractivity contribution in [2.75, 3.05) is 27.2 Å². The zero-order valence-corrected chi connectivity index (χ0v) is 15.5. The molecule has 7 heteroatoms. The van der Waals surface area contributed by atoms with E-state index in [2.05, 4.69) is 10.6 Å². The van der Waals surface area contributed by atoms with Crippen molar-refractivity contribution in [3.05, 3.63) is 29.8 Å². The summed E-state index contributed by atoms with van der Waals surface area (Å²) in [4.78, 5) is 37.9. The molecule has 0 aliphatic carbocycles. The van der Waals surface area contributed by atoms with E-state index in [0.29, 0.717) is 17.9 Å². The van der Waals surface area contributed by atoms with Crippen molar-refractivity contribution in [2.45, 2.75) is 26.8 Å². The lowest BCUT2D eigenvalue weighted by Crippen LogP contribution is -2.51. The molecule has 3 amide bonds. The third-order valence-electron chi connectivity index (χ3n) is 3.58. The number of benzene rings is 1. The SMILES string of the molecule is CCOc1ccccc1C(=O)N[C@H](C(=O)NCC(=O)N(C)C)C(C)C. The lowest BCUT2D eigenvalue weighted by atomic mass is 10.0. The number of nitrogens with zero attached hydrogens (tertiary/aromatic N) is 1. The van der Waals surface area contributed by atoms with E-state index in [9.17, 15) is 14.4 Å². The van der Waals surface area contributed by atoms with E-state index in [4.69, 9.17) is 4.74 Å². The second-order valence-electron chi connectivity index (χ2n) is 6.13. The highest BCUT2D eigenvalue weighted by Gasteiger charge is 2.26. The first-order valence-electron chi connectivity index (χ1n) is 8.28. The van der Waals surface area contributed by atoms with Crippen LogP contribution in [0.2, 0.25) is 0 Å². The van der Waals surface area contributed by atoms with Gasteiger partial charge in [-0.1, -0.05) is 26.0 Å². The Hall–Kier alpha value is -2.57. The third kappa shape index (κ3) is 6.10. The highest BCUT2D eigenvalue weighted by molar-refractivity contribution is 6.00. The molecule has 0 fully saturated rings. The normalized spacial score (nSPS) is 11.6. The summed E-state index contributed by atoms with van der Waals surface area (Å²) in [6.07, 6.45) is 0. The molecule has 0 heterocycles. The fraction of sp³-hybridized carbons (Fsp3) is 0.500. The number of hydrogen-bond donors (Lipinski definition) is 2. The number of amides is 3. The minimum absolute atomic E-state index is 0.111. The summed E-state index contributed by atoms with van der Waals surface area (Å²) in [5, 5.41) is 5.29. The van der Waals surface area contributed by atoms with Gasteiger partial charge in [0.05, 0.1) is 18.7 Å². The van der Waals surface area contributed by atoms with Crippen molar-refractivity contribution >= 4 is 17.7 Å². The number of para-hydroxylation sites is 1. The van der Waals surface area contributed by atoms with Crippen LogP contribution in [0.3, 0.4) is 0 Å². The van der Waals surface area contributed by atoms with Gasteiger partial charge in [0.15, 0.2) is 0 Å². The van der Waals surface area contributed by atoms with E-state index >= 15 is 0 Å². The highest BCUT2D eigenvalue weighted by atomic mass is 16.5. The fourth-order valence-corrected chi connectivity index (χ4v) is 2.12. The van der Waals surface area contributed by atoms with Gasteiger partial charge in [-0.3, -0.25) is 14.4 Å². The standard InChI is InChI=1S/C18H27N3O4/c1-6-25-14-10-8-7-9-13(14)17(23)20-16(12(2)3)18(24)19-11-15(22)21(4)5/h7-10,12,16H,6,11H2,1-5H3,(H,19,24)(H,20,23)/t16-/m0/s1. The molecule has 1 aromatic rings. The molecule has 7 nitrogen and oxygen atoms in total. The van der Waals surface area contributed by atoms with E-state index < -0.39 is 17.9 Å². The molecule has 138 valence electrons. The average Bonchev–Trinajstić information content (AvgIpc) is 2.57. The summed E-state index contributed by atoms with van der Waals surface area (Å²) in [7, 11) is 3.22. The van der Waals surface area contributed by atoms with Gasteiger partial charge in [0.1, 0.15) is 11.8 Å². The minimum atomic E-state index is -0.753. The van der Waals surface area contributed by atoms with Crippen molar-refractivity contribution < 1.29 is 19.1 Å². The van der Waals surface area contributed by atoms with Crippen LogP contribution < -0.4 is 15.4 Å². The summed E-state index contributed by atoms with van der Waals surface area (Å²) >= 11 is 0. The van der Waals surface area contributed by atoms with Crippen LogP contribution in [-0.4, -0.2) is 55.9 Å². The van der Waals surface area contributed by atoms with Gasteiger partial charge in [0, 0.05) is 14.1 Å². The van der Waals surface area contributed by atoms with Crippen LogP contribution in [0.4, 0.5) is 0 Å².